The number of nitrogens with one attached hydrogen (secondary N) is 2. The van der Waals surface area contributed by atoms with Crippen molar-refractivity contribution in [3.05, 3.63) is 99.3 Å². The molecule has 1 heterocycles. The van der Waals surface area contributed by atoms with Gasteiger partial charge in [0.05, 0.1) is 12.6 Å². The van der Waals surface area contributed by atoms with Crippen LogP contribution in [0.1, 0.15) is 22.3 Å². The van der Waals surface area contributed by atoms with Crippen molar-refractivity contribution < 1.29 is 9.53 Å². The predicted molar refractivity (Wildman–Crippen MR) is 138 cm³/mol. The second-order valence-corrected chi connectivity index (χ2v) is 8.57. The third-order valence-electron chi connectivity index (χ3n) is 5.88. The van der Waals surface area contributed by atoms with Crippen molar-refractivity contribution in [1.29, 1.82) is 0 Å². The lowest BCUT2D eigenvalue weighted by Gasteiger charge is -2.15. The summed E-state index contributed by atoms with van der Waals surface area (Å²) in [7, 11) is 1.58. The van der Waals surface area contributed by atoms with E-state index >= 15 is 0 Å². The SMILES string of the molecule is COc1ccc2cc(CNc3ccc(C)cc3)c(=O)n(CC(=O)Nc3cc(C)ccc3C)c2c1. The standard InChI is InChI=1S/C28H29N3O3/c1-18-6-10-23(11-7-18)29-16-22-14-21-9-12-24(34-4)15-26(21)31(28(22)33)17-27(32)30-25-13-19(2)5-8-20(25)3/h5-15,29H,16-17H2,1-4H3,(H,30,32). The highest BCUT2D eigenvalue weighted by molar-refractivity contribution is 5.92. The summed E-state index contributed by atoms with van der Waals surface area (Å²) in [5, 5.41) is 7.13. The Kier molecular flexibility index (Phi) is 6.68. The van der Waals surface area contributed by atoms with E-state index in [9.17, 15) is 9.59 Å². The van der Waals surface area contributed by atoms with Crippen LogP contribution < -0.4 is 20.9 Å². The average Bonchev–Trinajstić information content (AvgIpc) is 2.83. The van der Waals surface area contributed by atoms with Gasteiger partial charge in [0, 0.05) is 29.5 Å². The molecule has 0 aliphatic carbocycles. The zero-order valence-electron chi connectivity index (χ0n) is 19.9. The first kappa shape index (κ1) is 23.1. The second kappa shape index (κ2) is 9.83. The van der Waals surface area contributed by atoms with E-state index < -0.39 is 0 Å². The summed E-state index contributed by atoms with van der Waals surface area (Å²) < 4.78 is 6.88. The van der Waals surface area contributed by atoms with Crippen LogP contribution in [0.25, 0.3) is 10.9 Å². The van der Waals surface area contributed by atoms with Crippen LogP contribution in [0.15, 0.2) is 71.5 Å². The molecule has 0 saturated carbocycles. The zero-order chi connectivity index (χ0) is 24.2. The molecule has 174 valence electrons. The molecule has 34 heavy (non-hydrogen) atoms. The molecule has 4 aromatic rings. The van der Waals surface area contributed by atoms with Crippen LogP contribution in [0.5, 0.6) is 5.75 Å². The second-order valence-electron chi connectivity index (χ2n) is 8.57. The molecule has 1 amide bonds. The van der Waals surface area contributed by atoms with Gasteiger partial charge in [-0.25, -0.2) is 0 Å². The van der Waals surface area contributed by atoms with E-state index in [0.717, 1.165) is 27.9 Å². The molecule has 0 unspecified atom stereocenters. The third-order valence-corrected chi connectivity index (χ3v) is 5.88. The van der Waals surface area contributed by atoms with Crippen LogP contribution in [-0.2, 0) is 17.9 Å². The van der Waals surface area contributed by atoms with Gasteiger partial charge in [-0.15, -0.1) is 0 Å². The first-order valence-corrected chi connectivity index (χ1v) is 11.2. The number of anilines is 2. The molecule has 0 radical (unpaired) electrons. The Balaban J connectivity index is 1.68. The van der Waals surface area contributed by atoms with E-state index in [0.29, 0.717) is 23.4 Å². The van der Waals surface area contributed by atoms with Gasteiger partial charge in [0.25, 0.3) is 5.56 Å². The summed E-state index contributed by atoms with van der Waals surface area (Å²) >= 11 is 0. The van der Waals surface area contributed by atoms with Gasteiger partial charge in [0.1, 0.15) is 12.3 Å². The number of methoxy groups -OCH3 is 1. The van der Waals surface area contributed by atoms with Gasteiger partial charge < -0.3 is 15.4 Å². The molecule has 2 N–H and O–H groups in total. The molecule has 4 rings (SSSR count). The number of ether oxygens (including phenoxy) is 1. The van der Waals surface area contributed by atoms with E-state index in [1.54, 1.807) is 13.2 Å². The topological polar surface area (TPSA) is 72.4 Å². The molecule has 0 aliphatic heterocycles. The Morgan fingerprint density at radius 3 is 2.38 bits per heavy atom. The van der Waals surface area contributed by atoms with E-state index in [1.165, 1.54) is 10.1 Å². The minimum Gasteiger partial charge on any atom is -0.497 e. The van der Waals surface area contributed by atoms with Gasteiger partial charge in [-0.2, -0.15) is 0 Å². The van der Waals surface area contributed by atoms with E-state index in [2.05, 4.69) is 10.6 Å². The molecule has 0 fully saturated rings. The number of carbonyl (C=O) groups is 1. The fraction of sp³-hybridized carbons (Fsp3) is 0.214. The van der Waals surface area contributed by atoms with Crippen LogP contribution in [0.3, 0.4) is 0 Å². The molecule has 0 aliphatic rings. The molecule has 6 heteroatoms. The number of carbonyl (C=O) groups excluding carboxylic acids is 1. The fourth-order valence-corrected chi connectivity index (χ4v) is 3.89. The Bertz CT molecular complexity index is 1410. The van der Waals surface area contributed by atoms with Crippen molar-refractivity contribution >= 4 is 28.2 Å². The smallest absolute Gasteiger partial charge is 0.256 e. The van der Waals surface area contributed by atoms with Crippen LogP contribution in [0, 0.1) is 20.8 Å². The lowest BCUT2D eigenvalue weighted by atomic mass is 10.1. The normalized spacial score (nSPS) is 10.8. The Labute approximate surface area is 199 Å². The molecule has 1 aromatic heterocycles. The van der Waals surface area contributed by atoms with Gasteiger partial charge in [0.15, 0.2) is 0 Å². The summed E-state index contributed by atoms with van der Waals surface area (Å²) in [6.07, 6.45) is 0. The van der Waals surface area contributed by atoms with Crippen LogP contribution >= 0.6 is 0 Å². The number of benzene rings is 3. The van der Waals surface area contributed by atoms with Gasteiger partial charge in [0.2, 0.25) is 5.91 Å². The average molecular weight is 456 g/mol. The maximum Gasteiger partial charge on any atom is 0.256 e. The van der Waals surface area contributed by atoms with Crippen molar-refractivity contribution in [3.8, 4) is 5.75 Å². The highest BCUT2D eigenvalue weighted by Gasteiger charge is 2.14. The maximum absolute atomic E-state index is 13.5. The molecule has 0 spiro atoms. The van der Waals surface area contributed by atoms with Crippen molar-refractivity contribution in [2.75, 3.05) is 17.7 Å². The summed E-state index contributed by atoms with van der Waals surface area (Å²) in [6, 6.07) is 21.3. The minimum absolute atomic E-state index is 0.103. The van der Waals surface area contributed by atoms with Crippen molar-refractivity contribution in [2.45, 2.75) is 33.9 Å². The quantitative estimate of drug-likeness (QED) is 0.402. The molecule has 0 atom stereocenters. The first-order valence-electron chi connectivity index (χ1n) is 11.2. The van der Waals surface area contributed by atoms with Crippen molar-refractivity contribution in [2.24, 2.45) is 0 Å². The Morgan fingerprint density at radius 1 is 0.912 bits per heavy atom. The number of amides is 1. The first-order chi connectivity index (χ1) is 16.3. The van der Waals surface area contributed by atoms with Crippen LogP contribution in [0.4, 0.5) is 11.4 Å². The van der Waals surface area contributed by atoms with Crippen molar-refractivity contribution in [3.63, 3.8) is 0 Å². The maximum atomic E-state index is 13.5. The minimum atomic E-state index is -0.261. The predicted octanol–water partition coefficient (Wildman–Crippen LogP) is 5.19. The summed E-state index contributed by atoms with van der Waals surface area (Å²) in [5.74, 6) is 0.365. The molecule has 0 bridgehead atoms. The monoisotopic (exact) mass is 455 g/mol. The van der Waals surface area contributed by atoms with Crippen LogP contribution in [-0.4, -0.2) is 17.6 Å². The van der Waals surface area contributed by atoms with E-state index in [-0.39, 0.29) is 18.0 Å². The number of aromatic nitrogens is 1. The van der Waals surface area contributed by atoms with Gasteiger partial charge in [-0.1, -0.05) is 29.8 Å². The molecule has 3 aromatic carbocycles. The number of nitrogens with zero attached hydrogens (tertiary/aromatic N) is 1. The van der Waals surface area contributed by atoms with E-state index in [1.807, 2.05) is 81.4 Å². The highest BCUT2D eigenvalue weighted by Crippen LogP contribution is 2.22. The number of rotatable bonds is 7. The molecule has 6 nitrogen and oxygen atoms in total. The summed E-state index contributed by atoms with van der Waals surface area (Å²) in [6.45, 7) is 6.20. The zero-order valence-corrected chi connectivity index (χ0v) is 19.9. The molecule has 0 saturated heterocycles. The number of fused-ring (bicyclic) bond motifs is 1. The summed E-state index contributed by atoms with van der Waals surface area (Å²) in [4.78, 5) is 26.5. The van der Waals surface area contributed by atoms with Gasteiger partial charge in [-0.05, 0) is 73.7 Å². The van der Waals surface area contributed by atoms with Crippen LogP contribution in [0.2, 0.25) is 0 Å². The highest BCUT2D eigenvalue weighted by atomic mass is 16.5. The number of pyridine rings is 1. The van der Waals surface area contributed by atoms with Gasteiger partial charge in [-0.3, -0.25) is 14.2 Å². The van der Waals surface area contributed by atoms with E-state index in [4.69, 9.17) is 4.74 Å². The Morgan fingerprint density at radius 2 is 1.65 bits per heavy atom. The molecular weight excluding hydrogens is 426 g/mol. The third kappa shape index (κ3) is 5.12. The number of aryl methyl sites for hydroxylation is 3. The van der Waals surface area contributed by atoms with Gasteiger partial charge >= 0.3 is 0 Å². The number of hydrogen-bond donors (Lipinski definition) is 2. The summed E-state index contributed by atoms with van der Waals surface area (Å²) in [5.41, 5.74) is 5.89. The lowest BCUT2D eigenvalue weighted by Crippen LogP contribution is -2.30. The van der Waals surface area contributed by atoms with Crippen molar-refractivity contribution in [1.82, 2.24) is 4.57 Å². The number of hydrogen-bond acceptors (Lipinski definition) is 4. The Hall–Kier alpha value is -4.06. The lowest BCUT2D eigenvalue weighted by molar-refractivity contribution is -0.116. The largest absolute Gasteiger partial charge is 0.497 e. The fourth-order valence-electron chi connectivity index (χ4n) is 3.89. The molecular formula is C28H29N3O3.